The number of carbonyl (C=O) groups is 2. The van der Waals surface area contributed by atoms with Gasteiger partial charge < -0.3 is 5.11 Å². The van der Waals surface area contributed by atoms with Crippen LogP contribution in [0.2, 0.25) is 0 Å². The van der Waals surface area contributed by atoms with Crippen LogP contribution in [0.5, 0.6) is 0 Å². The molecule has 0 unspecified atom stereocenters. The van der Waals surface area contributed by atoms with Gasteiger partial charge in [-0.25, -0.2) is 10.2 Å². The number of amides is 1. The van der Waals surface area contributed by atoms with E-state index in [9.17, 15) is 9.59 Å². The normalized spacial score (nSPS) is 12.0. The zero-order chi connectivity index (χ0) is 17.4. The van der Waals surface area contributed by atoms with Crippen LogP contribution < -0.4 is 5.43 Å². The second-order valence-corrected chi connectivity index (χ2v) is 6.43. The number of thioether (sulfide) groups is 1. The maximum absolute atomic E-state index is 12.0. The Morgan fingerprint density at radius 3 is 2.46 bits per heavy atom. The summed E-state index contributed by atoms with van der Waals surface area (Å²) < 4.78 is 0. The summed E-state index contributed by atoms with van der Waals surface area (Å²) in [7, 11) is 0. The molecule has 2 rings (SSSR count). The zero-order valence-electron chi connectivity index (χ0n) is 13.2. The SMILES string of the molecule is C[C@H](SCc1ccccc1)C(=O)N/N=C\c1ccc(C(=O)O)cc1. The van der Waals surface area contributed by atoms with Crippen molar-refractivity contribution in [3.8, 4) is 0 Å². The summed E-state index contributed by atoms with van der Waals surface area (Å²) in [5.41, 5.74) is 4.59. The molecule has 0 aromatic heterocycles. The molecule has 0 aliphatic carbocycles. The van der Waals surface area contributed by atoms with Crippen molar-refractivity contribution in [3.05, 3.63) is 71.3 Å². The van der Waals surface area contributed by atoms with Gasteiger partial charge in [-0.2, -0.15) is 5.10 Å². The molecule has 0 bridgehead atoms. The Labute approximate surface area is 144 Å². The van der Waals surface area contributed by atoms with Crippen LogP contribution in [-0.4, -0.2) is 28.4 Å². The molecule has 0 saturated heterocycles. The van der Waals surface area contributed by atoms with Gasteiger partial charge in [0, 0.05) is 5.75 Å². The Balaban J connectivity index is 1.80. The Bertz CT molecular complexity index is 715. The minimum atomic E-state index is -0.976. The number of nitrogens with zero attached hydrogens (tertiary/aromatic N) is 1. The Hall–Kier alpha value is -2.60. The summed E-state index contributed by atoms with van der Waals surface area (Å²) >= 11 is 1.54. The number of carboxylic acids is 1. The molecule has 1 atom stereocenters. The van der Waals surface area contributed by atoms with Crippen molar-refractivity contribution < 1.29 is 14.7 Å². The molecule has 0 fully saturated rings. The minimum Gasteiger partial charge on any atom is -0.478 e. The van der Waals surface area contributed by atoms with Gasteiger partial charge in [0.05, 0.1) is 17.0 Å². The molecule has 2 aromatic carbocycles. The number of hydrogen-bond donors (Lipinski definition) is 2. The molecule has 6 heteroatoms. The number of hydrogen-bond acceptors (Lipinski definition) is 4. The monoisotopic (exact) mass is 342 g/mol. The van der Waals surface area contributed by atoms with Gasteiger partial charge in [0.1, 0.15) is 0 Å². The number of carbonyl (C=O) groups excluding carboxylic acids is 1. The van der Waals surface area contributed by atoms with Gasteiger partial charge in [0.25, 0.3) is 5.91 Å². The number of benzene rings is 2. The van der Waals surface area contributed by atoms with Crippen molar-refractivity contribution in [3.63, 3.8) is 0 Å². The van der Waals surface area contributed by atoms with Crippen molar-refractivity contribution in [1.82, 2.24) is 5.43 Å². The van der Waals surface area contributed by atoms with Crippen LogP contribution in [0.25, 0.3) is 0 Å². The predicted octanol–water partition coefficient (Wildman–Crippen LogP) is 3.16. The van der Waals surface area contributed by atoms with E-state index in [1.54, 1.807) is 12.1 Å². The highest BCUT2D eigenvalue weighted by atomic mass is 32.2. The first-order chi connectivity index (χ1) is 11.6. The summed E-state index contributed by atoms with van der Waals surface area (Å²) in [6.45, 7) is 1.83. The molecule has 124 valence electrons. The third-order valence-electron chi connectivity index (χ3n) is 3.26. The lowest BCUT2D eigenvalue weighted by atomic mass is 10.1. The van der Waals surface area contributed by atoms with Gasteiger partial charge >= 0.3 is 5.97 Å². The lowest BCUT2D eigenvalue weighted by Gasteiger charge is -2.09. The first kappa shape index (κ1) is 17.7. The number of rotatable bonds is 7. The van der Waals surface area contributed by atoms with Crippen molar-refractivity contribution in [2.45, 2.75) is 17.9 Å². The average molecular weight is 342 g/mol. The molecule has 1 amide bonds. The van der Waals surface area contributed by atoms with Gasteiger partial charge in [-0.1, -0.05) is 42.5 Å². The van der Waals surface area contributed by atoms with Crippen LogP contribution in [0.4, 0.5) is 0 Å². The van der Waals surface area contributed by atoms with Crippen LogP contribution >= 0.6 is 11.8 Å². The molecule has 2 aromatic rings. The highest BCUT2D eigenvalue weighted by Gasteiger charge is 2.12. The van der Waals surface area contributed by atoms with E-state index in [0.29, 0.717) is 5.56 Å². The molecule has 24 heavy (non-hydrogen) atoms. The molecule has 2 N–H and O–H groups in total. The fourth-order valence-electron chi connectivity index (χ4n) is 1.84. The first-order valence-electron chi connectivity index (χ1n) is 7.38. The van der Waals surface area contributed by atoms with Crippen LogP contribution in [-0.2, 0) is 10.5 Å². The smallest absolute Gasteiger partial charge is 0.335 e. The molecule has 0 aliphatic rings. The first-order valence-corrected chi connectivity index (χ1v) is 8.43. The number of hydrazone groups is 1. The molecule has 5 nitrogen and oxygen atoms in total. The van der Waals surface area contributed by atoms with E-state index in [1.165, 1.54) is 35.7 Å². The standard InChI is InChI=1S/C18H18N2O3S/c1-13(24-12-15-5-3-2-4-6-15)17(21)20-19-11-14-7-9-16(10-8-14)18(22)23/h2-11,13H,12H2,1H3,(H,20,21)(H,22,23)/b19-11-/t13-/m0/s1. The number of aromatic carboxylic acids is 1. The topological polar surface area (TPSA) is 78.8 Å². The third kappa shape index (κ3) is 5.55. The van der Waals surface area contributed by atoms with Crippen LogP contribution in [0.3, 0.4) is 0 Å². The van der Waals surface area contributed by atoms with Crippen molar-refractivity contribution in [2.75, 3.05) is 0 Å². The molecule has 0 saturated carbocycles. The summed E-state index contributed by atoms with van der Waals surface area (Å²) in [4.78, 5) is 22.7. The summed E-state index contributed by atoms with van der Waals surface area (Å²) in [6, 6.07) is 16.2. The fourth-order valence-corrected chi connectivity index (χ4v) is 2.68. The Morgan fingerprint density at radius 2 is 1.83 bits per heavy atom. The Kier molecular flexibility index (Phi) is 6.57. The molecule has 0 radical (unpaired) electrons. The van der Waals surface area contributed by atoms with Crippen LogP contribution in [0.15, 0.2) is 59.7 Å². The highest BCUT2D eigenvalue weighted by Crippen LogP contribution is 2.17. The van der Waals surface area contributed by atoms with E-state index in [0.717, 1.165) is 5.75 Å². The minimum absolute atomic E-state index is 0.172. The van der Waals surface area contributed by atoms with Crippen LogP contribution in [0.1, 0.15) is 28.4 Å². The fraction of sp³-hybridized carbons (Fsp3) is 0.167. The molecular weight excluding hydrogens is 324 g/mol. The van der Waals surface area contributed by atoms with E-state index in [4.69, 9.17) is 5.11 Å². The van der Waals surface area contributed by atoms with Gasteiger partial charge in [-0.05, 0) is 30.2 Å². The van der Waals surface area contributed by atoms with Gasteiger partial charge in [-0.3, -0.25) is 4.79 Å². The second kappa shape index (κ2) is 8.88. The Morgan fingerprint density at radius 1 is 1.17 bits per heavy atom. The molecule has 0 aliphatic heterocycles. The zero-order valence-corrected chi connectivity index (χ0v) is 14.0. The maximum Gasteiger partial charge on any atom is 0.335 e. The van der Waals surface area contributed by atoms with Crippen molar-refractivity contribution in [1.29, 1.82) is 0 Å². The summed E-state index contributed by atoms with van der Waals surface area (Å²) in [5, 5.41) is 12.5. The van der Waals surface area contributed by atoms with E-state index in [-0.39, 0.29) is 16.7 Å². The predicted molar refractivity (Wildman–Crippen MR) is 96.3 cm³/mol. The van der Waals surface area contributed by atoms with Gasteiger partial charge in [0.15, 0.2) is 0 Å². The van der Waals surface area contributed by atoms with E-state index < -0.39 is 5.97 Å². The van der Waals surface area contributed by atoms with Crippen molar-refractivity contribution >= 4 is 29.9 Å². The van der Waals surface area contributed by atoms with Gasteiger partial charge in [0.2, 0.25) is 0 Å². The average Bonchev–Trinajstić information content (AvgIpc) is 2.61. The van der Waals surface area contributed by atoms with E-state index in [2.05, 4.69) is 10.5 Å². The quantitative estimate of drug-likeness (QED) is 0.598. The van der Waals surface area contributed by atoms with Crippen molar-refractivity contribution in [2.24, 2.45) is 5.10 Å². The molecule has 0 spiro atoms. The number of carboxylic acid groups (broad SMARTS) is 1. The maximum atomic E-state index is 12.0. The largest absolute Gasteiger partial charge is 0.478 e. The van der Waals surface area contributed by atoms with Crippen LogP contribution in [0, 0.1) is 0 Å². The van der Waals surface area contributed by atoms with E-state index >= 15 is 0 Å². The molecular formula is C18H18N2O3S. The lowest BCUT2D eigenvalue weighted by Crippen LogP contribution is -2.27. The second-order valence-electron chi connectivity index (χ2n) is 5.10. The summed E-state index contributed by atoms with van der Waals surface area (Å²) in [6.07, 6.45) is 1.48. The highest BCUT2D eigenvalue weighted by molar-refractivity contribution is 7.99. The lowest BCUT2D eigenvalue weighted by molar-refractivity contribution is -0.120. The van der Waals surface area contributed by atoms with E-state index in [1.807, 2.05) is 37.3 Å². The number of nitrogens with one attached hydrogen (secondary N) is 1. The summed E-state index contributed by atoms with van der Waals surface area (Å²) in [5.74, 6) is -0.388. The molecule has 0 heterocycles. The third-order valence-corrected chi connectivity index (χ3v) is 4.47. The van der Waals surface area contributed by atoms with Gasteiger partial charge in [-0.15, -0.1) is 11.8 Å².